The number of benzene rings is 2. The maximum absolute atomic E-state index is 15.7. The molecule has 4 aromatic rings. The van der Waals surface area contributed by atoms with E-state index in [1.165, 1.54) is 11.9 Å². The molecule has 0 bridgehead atoms. The summed E-state index contributed by atoms with van der Waals surface area (Å²) in [5.74, 6) is 1.90. The maximum Gasteiger partial charge on any atom is 0.219 e. The number of nitrogens with one attached hydrogen (secondary N) is 1. The zero-order valence-electron chi connectivity index (χ0n) is 22.4. The van der Waals surface area contributed by atoms with Gasteiger partial charge in [0.05, 0.1) is 43.8 Å². The van der Waals surface area contributed by atoms with E-state index in [0.29, 0.717) is 83.8 Å². The molecule has 1 aliphatic heterocycles. The summed E-state index contributed by atoms with van der Waals surface area (Å²) < 4.78 is 43.0. The molecular weight excluding hydrogens is 536 g/mol. The second-order valence-corrected chi connectivity index (χ2v) is 10.2. The standard InChI is InChI=1S/C28H31F2N7O2S/c1-3-39-23-13-18(20-6-4-7-22(24(20)30)36-40-11-5-8-29)12-21-25(23)34-26(19-14-32-28(31)33-15-19)35-27(21)37-9-10-38-16-17(37)2/h4,6-7,12-15,17,36H,3,5,8-11,16H2,1-2H3,(H2,31,32,33). The Morgan fingerprint density at radius 1 is 1.20 bits per heavy atom. The highest BCUT2D eigenvalue weighted by atomic mass is 32.2. The molecule has 40 heavy (non-hydrogen) atoms. The van der Waals surface area contributed by atoms with Crippen molar-refractivity contribution < 1.29 is 18.3 Å². The van der Waals surface area contributed by atoms with Gasteiger partial charge in [-0.05, 0) is 44.0 Å². The molecule has 0 aliphatic carbocycles. The monoisotopic (exact) mass is 567 g/mol. The first-order valence-corrected chi connectivity index (χ1v) is 14.1. The lowest BCUT2D eigenvalue weighted by Gasteiger charge is -2.35. The molecule has 0 spiro atoms. The first kappa shape index (κ1) is 27.8. The second-order valence-electron chi connectivity index (χ2n) is 9.28. The smallest absolute Gasteiger partial charge is 0.219 e. The first-order chi connectivity index (χ1) is 19.5. The van der Waals surface area contributed by atoms with Crippen molar-refractivity contribution in [2.45, 2.75) is 26.3 Å². The number of morpholine rings is 1. The van der Waals surface area contributed by atoms with Gasteiger partial charge in [0.1, 0.15) is 17.1 Å². The molecule has 210 valence electrons. The number of nitrogens with zero attached hydrogens (tertiary/aromatic N) is 5. The largest absolute Gasteiger partial charge is 0.492 e. The van der Waals surface area contributed by atoms with Crippen LogP contribution in [0.15, 0.2) is 42.7 Å². The Morgan fingerprint density at radius 2 is 2.02 bits per heavy atom. The van der Waals surface area contributed by atoms with Crippen molar-refractivity contribution in [1.29, 1.82) is 0 Å². The lowest BCUT2D eigenvalue weighted by atomic mass is 10.0. The van der Waals surface area contributed by atoms with Crippen molar-refractivity contribution in [3.05, 3.63) is 48.5 Å². The van der Waals surface area contributed by atoms with Gasteiger partial charge in [-0.2, -0.15) is 0 Å². The van der Waals surface area contributed by atoms with Gasteiger partial charge >= 0.3 is 0 Å². The third-order valence-corrected chi connectivity index (χ3v) is 7.34. The summed E-state index contributed by atoms with van der Waals surface area (Å²) in [6.45, 7) is 5.67. The molecule has 2 aromatic carbocycles. The van der Waals surface area contributed by atoms with Crippen molar-refractivity contribution in [2.75, 3.05) is 54.1 Å². The van der Waals surface area contributed by atoms with E-state index in [-0.39, 0.29) is 12.0 Å². The van der Waals surface area contributed by atoms with E-state index >= 15 is 4.39 Å². The van der Waals surface area contributed by atoms with Crippen LogP contribution < -0.4 is 20.1 Å². The normalized spacial score (nSPS) is 15.4. The van der Waals surface area contributed by atoms with Crippen LogP contribution >= 0.6 is 11.9 Å². The minimum Gasteiger partial charge on any atom is -0.492 e. The lowest BCUT2D eigenvalue weighted by molar-refractivity contribution is 0.0987. The number of hydrogen-bond acceptors (Lipinski definition) is 10. The number of nitrogen functional groups attached to an aromatic ring is 1. The highest BCUT2D eigenvalue weighted by Gasteiger charge is 2.26. The number of fused-ring (bicyclic) bond motifs is 1. The third-order valence-electron chi connectivity index (χ3n) is 6.49. The zero-order valence-corrected chi connectivity index (χ0v) is 23.2. The van der Waals surface area contributed by atoms with Crippen LogP contribution in [0.4, 0.5) is 26.2 Å². The fraction of sp³-hybridized carbons (Fsp3) is 0.357. The summed E-state index contributed by atoms with van der Waals surface area (Å²) in [7, 11) is 0. The average molecular weight is 568 g/mol. The molecule has 1 unspecified atom stereocenters. The Kier molecular flexibility index (Phi) is 8.75. The minimum absolute atomic E-state index is 0.0483. The number of hydrogen-bond donors (Lipinski definition) is 2. The van der Waals surface area contributed by atoms with Crippen LogP contribution in [-0.2, 0) is 4.74 Å². The van der Waals surface area contributed by atoms with Crippen molar-refractivity contribution in [1.82, 2.24) is 19.9 Å². The molecule has 1 saturated heterocycles. The van der Waals surface area contributed by atoms with Gasteiger partial charge in [0.25, 0.3) is 0 Å². The van der Waals surface area contributed by atoms with Gasteiger partial charge in [-0.25, -0.2) is 24.3 Å². The van der Waals surface area contributed by atoms with Crippen molar-refractivity contribution in [2.24, 2.45) is 0 Å². The number of aromatic nitrogens is 4. The molecule has 12 heteroatoms. The van der Waals surface area contributed by atoms with E-state index in [1.54, 1.807) is 36.7 Å². The van der Waals surface area contributed by atoms with E-state index in [1.807, 2.05) is 13.0 Å². The van der Waals surface area contributed by atoms with Gasteiger partial charge in [0, 0.05) is 35.6 Å². The number of halogens is 2. The fourth-order valence-corrected chi connectivity index (χ4v) is 5.21. The van der Waals surface area contributed by atoms with Crippen LogP contribution in [-0.4, -0.2) is 64.8 Å². The zero-order chi connectivity index (χ0) is 28.1. The van der Waals surface area contributed by atoms with Gasteiger partial charge in [0.2, 0.25) is 5.95 Å². The lowest BCUT2D eigenvalue weighted by Crippen LogP contribution is -2.44. The molecule has 1 atom stereocenters. The van der Waals surface area contributed by atoms with Crippen LogP contribution in [0.1, 0.15) is 20.3 Å². The van der Waals surface area contributed by atoms with Crippen LogP contribution in [0.2, 0.25) is 0 Å². The summed E-state index contributed by atoms with van der Waals surface area (Å²) in [5.41, 5.74) is 8.26. The molecular formula is C28H31F2N7O2S. The Hall–Kier alpha value is -3.77. The molecule has 0 amide bonds. The number of nitrogens with two attached hydrogens (primary N) is 1. The van der Waals surface area contributed by atoms with E-state index in [4.69, 9.17) is 25.2 Å². The number of anilines is 3. The Morgan fingerprint density at radius 3 is 2.77 bits per heavy atom. The van der Waals surface area contributed by atoms with Crippen molar-refractivity contribution >= 4 is 40.3 Å². The fourth-order valence-electron chi connectivity index (χ4n) is 4.54. The quantitative estimate of drug-likeness (QED) is 0.188. The van der Waals surface area contributed by atoms with Gasteiger partial charge in [-0.1, -0.05) is 24.1 Å². The number of alkyl halides is 1. The van der Waals surface area contributed by atoms with E-state index in [2.05, 4.69) is 26.5 Å². The Labute approximate surface area is 235 Å². The van der Waals surface area contributed by atoms with Crippen LogP contribution in [0.3, 0.4) is 0 Å². The van der Waals surface area contributed by atoms with Crippen LogP contribution in [0.25, 0.3) is 33.4 Å². The van der Waals surface area contributed by atoms with Crippen molar-refractivity contribution in [3.8, 4) is 28.3 Å². The number of rotatable bonds is 10. The van der Waals surface area contributed by atoms with Gasteiger partial charge in [-0.15, -0.1) is 0 Å². The first-order valence-electron chi connectivity index (χ1n) is 13.1. The minimum atomic E-state index is -0.409. The molecule has 1 aliphatic rings. The predicted octanol–water partition coefficient (Wildman–Crippen LogP) is 5.52. The highest BCUT2D eigenvalue weighted by Crippen LogP contribution is 2.39. The van der Waals surface area contributed by atoms with E-state index in [0.717, 1.165) is 5.39 Å². The molecule has 0 radical (unpaired) electrons. The van der Waals surface area contributed by atoms with Gasteiger partial charge in [0.15, 0.2) is 11.6 Å². The van der Waals surface area contributed by atoms with E-state index in [9.17, 15) is 4.39 Å². The summed E-state index contributed by atoms with van der Waals surface area (Å²) in [6, 6.07) is 8.92. The van der Waals surface area contributed by atoms with E-state index < -0.39 is 12.5 Å². The molecule has 2 aromatic heterocycles. The molecule has 0 saturated carbocycles. The maximum atomic E-state index is 15.7. The predicted molar refractivity (Wildman–Crippen MR) is 156 cm³/mol. The molecule has 5 rings (SSSR count). The topological polar surface area (TPSA) is 111 Å². The summed E-state index contributed by atoms with van der Waals surface area (Å²) in [6.07, 6.45) is 3.57. The molecule has 1 fully saturated rings. The molecule has 3 heterocycles. The summed E-state index contributed by atoms with van der Waals surface area (Å²) in [4.78, 5) is 20.2. The molecule has 3 N–H and O–H groups in total. The van der Waals surface area contributed by atoms with Crippen molar-refractivity contribution in [3.63, 3.8) is 0 Å². The Balaban J connectivity index is 1.68. The van der Waals surface area contributed by atoms with Gasteiger partial charge < -0.3 is 24.8 Å². The second kappa shape index (κ2) is 12.6. The summed E-state index contributed by atoms with van der Waals surface area (Å²) in [5, 5.41) is 0.727. The number of ether oxygens (including phenoxy) is 2. The Bertz CT molecular complexity index is 1480. The SMILES string of the molecule is CCOc1cc(-c2cccc(NSCCCF)c2F)cc2c(N3CCOCC3C)nc(-c3cnc(N)nc3)nc12. The van der Waals surface area contributed by atoms with Gasteiger partial charge in [-0.3, -0.25) is 4.39 Å². The highest BCUT2D eigenvalue weighted by molar-refractivity contribution is 8.00. The van der Waals surface area contributed by atoms with Crippen LogP contribution in [0, 0.1) is 5.82 Å². The average Bonchev–Trinajstić information content (AvgIpc) is 2.96. The third kappa shape index (κ3) is 5.87. The molecule has 9 nitrogen and oxygen atoms in total. The van der Waals surface area contributed by atoms with Crippen LogP contribution in [0.5, 0.6) is 5.75 Å². The summed E-state index contributed by atoms with van der Waals surface area (Å²) >= 11 is 1.27.